The summed E-state index contributed by atoms with van der Waals surface area (Å²) in [6.07, 6.45) is 2.04. The molecule has 0 spiro atoms. The molecule has 29 heavy (non-hydrogen) atoms. The lowest BCUT2D eigenvalue weighted by Gasteiger charge is -2.32. The van der Waals surface area contributed by atoms with E-state index in [9.17, 15) is 13.2 Å². The first-order valence-corrected chi connectivity index (χ1v) is 12.5. The molecule has 154 valence electrons. The number of hydrogen-bond acceptors (Lipinski definition) is 4. The van der Waals surface area contributed by atoms with Gasteiger partial charge >= 0.3 is 0 Å². The Morgan fingerprint density at radius 2 is 1.72 bits per heavy atom. The molecule has 0 saturated carbocycles. The normalized spacial score (nSPS) is 20.8. The quantitative estimate of drug-likeness (QED) is 0.802. The van der Waals surface area contributed by atoms with Gasteiger partial charge in [-0.05, 0) is 49.9 Å². The molecule has 7 heteroatoms. The summed E-state index contributed by atoms with van der Waals surface area (Å²) in [5, 5.41) is 3.22. The maximum absolute atomic E-state index is 12.9. The zero-order chi connectivity index (χ0) is 20.4. The predicted molar refractivity (Wildman–Crippen MR) is 115 cm³/mol. The number of nitrogens with zero attached hydrogens (tertiary/aromatic N) is 1. The number of fused-ring (bicyclic) bond motifs is 1. The summed E-state index contributed by atoms with van der Waals surface area (Å²) in [7, 11) is -3.50. The lowest BCUT2D eigenvalue weighted by Crippen LogP contribution is -2.44. The Balaban J connectivity index is 1.37. The van der Waals surface area contributed by atoms with E-state index in [-0.39, 0.29) is 17.9 Å². The molecule has 0 bridgehead atoms. The monoisotopic (exact) mass is 430 g/mol. The standard InChI is InChI=1S/C22H26N2O3S2/c1-16-6-8-18(9-7-16)29(26,27)24-13-10-17(11-14-24)22(25)23-20-12-15-28-21-5-3-2-4-19(20)21/h2-9,17,20H,10-15H2,1H3,(H,23,25). The summed E-state index contributed by atoms with van der Waals surface area (Å²) >= 11 is 1.83. The number of hydrogen-bond donors (Lipinski definition) is 1. The highest BCUT2D eigenvalue weighted by atomic mass is 32.2. The first-order valence-electron chi connectivity index (χ1n) is 10.0. The summed E-state index contributed by atoms with van der Waals surface area (Å²) in [5.74, 6) is 0.903. The van der Waals surface area contributed by atoms with Crippen molar-refractivity contribution in [2.24, 2.45) is 5.92 Å². The Bertz CT molecular complexity index is 981. The van der Waals surface area contributed by atoms with E-state index in [1.807, 2.05) is 43.0 Å². The van der Waals surface area contributed by atoms with E-state index in [4.69, 9.17) is 0 Å². The molecule has 5 nitrogen and oxygen atoms in total. The molecule has 1 saturated heterocycles. The van der Waals surface area contributed by atoms with E-state index >= 15 is 0 Å². The predicted octanol–water partition coefficient (Wildman–Crippen LogP) is 3.75. The highest BCUT2D eigenvalue weighted by Crippen LogP contribution is 2.36. The molecule has 2 aromatic rings. The van der Waals surface area contributed by atoms with E-state index in [0.717, 1.165) is 17.7 Å². The van der Waals surface area contributed by atoms with Gasteiger partial charge < -0.3 is 5.32 Å². The lowest BCUT2D eigenvalue weighted by atomic mass is 9.95. The Kier molecular flexibility index (Phi) is 5.99. The van der Waals surface area contributed by atoms with Crippen LogP contribution >= 0.6 is 11.8 Å². The summed E-state index contributed by atoms with van der Waals surface area (Å²) in [5.41, 5.74) is 2.22. The van der Waals surface area contributed by atoms with Crippen molar-refractivity contribution in [2.45, 2.75) is 42.0 Å². The Morgan fingerprint density at radius 1 is 1.03 bits per heavy atom. The molecule has 1 amide bonds. The van der Waals surface area contributed by atoms with Crippen molar-refractivity contribution in [3.05, 3.63) is 59.7 Å². The van der Waals surface area contributed by atoms with Crippen LogP contribution in [0.2, 0.25) is 0 Å². The maximum atomic E-state index is 12.9. The van der Waals surface area contributed by atoms with Gasteiger partial charge in [-0.15, -0.1) is 11.8 Å². The fraction of sp³-hybridized carbons (Fsp3) is 0.409. The van der Waals surface area contributed by atoms with E-state index in [1.54, 1.807) is 12.1 Å². The van der Waals surface area contributed by atoms with E-state index in [2.05, 4.69) is 17.4 Å². The third-order valence-electron chi connectivity index (χ3n) is 5.76. The molecule has 1 atom stereocenters. The second-order valence-corrected chi connectivity index (χ2v) is 10.8. The summed E-state index contributed by atoms with van der Waals surface area (Å²) in [4.78, 5) is 14.4. The van der Waals surface area contributed by atoms with Gasteiger partial charge in [0.15, 0.2) is 0 Å². The van der Waals surface area contributed by atoms with Crippen molar-refractivity contribution in [2.75, 3.05) is 18.8 Å². The average molecular weight is 431 g/mol. The van der Waals surface area contributed by atoms with Crippen LogP contribution in [0.25, 0.3) is 0 Å². The molecule has 1 fully saturated rings. The second-order valence-electron chi connectivity index (χ2n) is 7.73. The van der Waals surface area contributed by atoms with Gasteiger partial charge in [0.1, 0.15) is 0 Å². The number of aryl methyl sites for hydroxylation is 1. The van der Waals surface area contributed by atoms with Gasteiger partial charge in [0.25, 0.3) is 0 Å². The highest BCUT2D eigenvalue weighted by molar-refractivity contribution is 7.99. The number of sulfonamides is 1. The molecule has 2 aliphatic rings. The van der Waals surface area contributed by atoms with Crippen LogP contribution in [0.1, 0.15) is 36.4 Å². The van der Waals surface area contributed by atoms with Crippen molar-refractivity contribution in [1.29, 1.82) is 0 Å². The highest BCUT2D eigenvalue weighted by Gasteiger charge is 2.33. The number of benzene rings is 2. The van der Waals surface area contributed by atoms with Crippen molar-refractivity contribution in [3.8, 4) is 0 Å². The van der Waals surface area contributed by atoms with Gasteiger partial charge in [0.2, 0.25) is 15.9 Å². The summed E-state index contributed by atoms with van der Waals surface area (Å²) < 4.78 is 27.2. The Labute approximate surface area is 176 Å². The van der Waals surface area contributed by atoms with Crippen molar-refractivity contribution < 1.29 is 13.2 Å². The molecule has 0 aromatic heterocycles. The average Bonchev–Trinajstić information content (AvgIpc) is 2.74. The zero-order valence-corrected chi connectivity index (χ0v) is 18.1. The minimum absolute atomic E-state index is 0.0455. The van der Waals surface area contributed by atoms with Crippen molar-refractivity contribution in [3.63, 3.8) is 0 Å². The molecular formula is C22H26N2O3S2. The topological polar surface area (TPSA) is 66.5 Å². The van der Waals surface area contributed by atoms with Crippen LogP contribution in [-0.4, -0.2) is 37.5 Å². The number of carbonyl (C=O) groups excluding carboxylic acids is 1. The van der Waals surface area contributed by atoms with Gasteiger partial charge in [-0.1, -0.05) is 35.9 Å². The minimum Gasteiger partial charge on any atom is -0.349 e. The van der Waals surface area contributed by atoms with Crippen LogP contribution in [-0.2, 0) is 14.8 Å². The van der Waals surface area contributed by atoms with Gasteiger partial charge in [-0.25, -0.2) is 8.42 Å². The fourth-order valence-electron chi connectivity index (χ4n) is 4.00. The smallest absolute Gasteiger partial charge is 0.243 e. The van der Waals surface area contributed by atoms with Crippen LogP contribution in [0.3, 0.4) is 0 Å². The van der Waals surface area contributed by atoms with Gasteiger partial charge in [0, 0.05) is 29.7 Å². The van der Waals surface area contributed by atoms with Crippen LogP contribution in [0.15, 0.2) is 58.3 Å². The molecule has 2 aromatic carbocycles. The fourth-order valence-corrected chi connectivity index (χ4v) is 6.59. The SMILES string of the molecule is Cc1ccc(S(=O)(=O)N2CCC(C(=O)NC3CCSc4ccccc43)CC2)cc1. The van der Waals surface area contributed by atoms with E-state index in [0.29, 0.717) is 30.8 Å². The third-order valence-corrected chi connectivity index (χ3v) is 8.79. The van der Waals surface area contributed by atoms with Gasteiger partial charge in [-0.2, -0.15) is 4.31 Å². The molecule has 2 heterocycles. The zero-order valence-electron chi connectivity index (χ0n) is 16.5. The number of rotatable bonds is 4. The van der Waals surface area contributed by atoms with Crippen LogP contribution < -0.4 is 5.32 Å². The van der Waals surface area contributed by atoms with Crippen molar-refractivity contribution >= 4 is 27.7 Å². The van der Waals surface area contributed by atoms with Crippen molar-refractivity contribution in [1.82, 2.24) is 9.62 Å². The molecule has 0 radical (unpaired) electrons. The van der Waals surface area contributed by atoms with Gasteiger partial charge in [-0.3, -0.25) is 4.79 Å². The molecular weight excluding hydrogens is 404 g/mol. The Morgan fingerprint density at radius 3 is 2.45 bits per heavy atom. The maximum Gasteiger partial charge on any atom is 0.243 e. The third kappa shape index (κ3) is 4.37. The minimum atomic E-state index is -3.50. The first kappa shape index (κ1) is 20.4. The summed E-state index contributed by atoms with van der Waals surface area (Å²) in [6, 6.07) is 15.2. The van der Waals surface area contributed by atoms with E-state index in [1.165, 1.54) is 14.8 Å². The number of thioether (sulfide) groups is 1. The Hall–Kier alpha value is -1.83. The van der Waals surface area contributed by atoms with E-state index < -0.39 is 10.0 Å². The molecule has 0 aliphatic carbocycles. The second kappa shape index (κ2) is 8.50. The lowest BCUT2D eigenvalue weighted by molar-refractivity contribution is -0.126. The number of nitrogens with one attached hydrogen (secondary N) is 1. The number of piperidine rings is 1. The van der Waals surface area contributed by atoms with Crippen LogP contribution in [0.4, 0.5) is 0 Å². The molecule has 2 aliphatic heterocycles. The van der Waals surface area contributed by atoms with Crippen LogP contribution in [0, 0.1) is 12.8 Å². The molecule has 4 rings (SSSR count). The molecule has 1 N–H and O–H groups in total. The first-order chi connectivity index (χ1) is 13.9. The van der Waals surface area contributed by atoms with Crippen LogP contribution in [0.5, 0.6) is 0 Å². The number of carbonyl (C=O) groups is 1. The number of amides is 1. The summed E-state index contributed by atoms with van der Waals surface area (Å²) in [6.45, 7) is 2.70. The molecule has 1 unspecified atom stereocenters. The largest absolute Gasteiger partial charge is 0.349 e. The van der Waals surface area contributed by atoms with Gasteiger partial charge in [0.05, 0.1) is 10.9 Å².